The highest BCUT2D eigenvalue weighted by atomic mass is 16.3. The summed E-state index contributed by atoms with van der Waals surface area (Å²) in [6.07, 6.45) is 1.26. The lowest BCUT2D eigenvalue weighted by Gasteiger charge is -1.85. The summed E-state index contributed by atoms with van der Waals surface area (Å²) in [5.41, 5.74) is 0. The van der Waals surface area contributed by atoms with Crippen LogP contribution in [0.2, 0.25) is 0 Å². The third kappa shape index (κ3) is 3.46. The number of hydrogen-bond acceptors (Lipinski definition) is 2. The average molecular weight is 101 g/mol. The predicted octanol–water partition coefficient (Wildman–Crippen LogP) is 0.890. The SMILES string of the molecule is CCCC(=O)[CH]O. The summed E-state index contributed by atoms with van der Waals surface area (Å²) in [4.78, 5) is 10.1. The fraction of sp³-hybridized carbons (Fsp3) is 0.600. The van der Waals surface area contributed by atoms with Crippen LogP contribution in [-0.4, -0.2) is 10.9 Å². The van der Waals surface area contributed by atoms with Crippen LogP contribution in [0.4, 0.5) is 0 Å². The molecule has 0 heterocycles. The molecule has 0 aromatic rings. The molecular weight excluding hydrogens is 92.1 g/mol. The van der Waals surface area contributed by atoms with Crippen molar-refractivity contribution in [2.24, 2.45) is 0 Å². The van der Waals surface area contributed by atoms with Crippen LogP contribution < -0.4 is 0 Å². The zero-order valence-corrected chi connectivity index (χ0v) is 4.35. The van der Waals surface area contributed by atoms with Gasteiger partial charge >= 0.3 is 0 Å². The molecule has 0 atom stereocenters. The van der Waals surface area contributed by atoms with Gasteiger partial charge in [0.1, 0.15) is 6.61 Å². The lowest BCUT2D eigenvalue weighted by atomic mass is 10.2. The van der Waals surface area contributed by atoms with Gasteiger partial charge in [0.15, 0.2) is 5.78 Å². The summed E-state index contributed by atoms with van der Waals surface area (Å²) < 4.78 is 0. The van der Waals surface area contributed by atoms with E-state index in [-0.39, 0.29) is 5.78 Å². The summed E-state index contributed by atoms with van der Waals surface area (Å²) in [7, 11) is 0. The van der Waals surface area contributed by atoms with Crippen LogP contribution in [0.5, 0.6) is 0 Å². The Kier molecular flexibility index (Phi) is 3.61. The molecule has 0 saturated carbocycles. The van der Waals surface area contributed by atoms with Gasteiger partial charge in [-0.2, -0.15) is 0 Å². The minimum Gasteiger partial charge on any atom is -0.382 e. The Hall–Kier alpha value is -0.370. The zero-order chi connectivity index (χ0) is 5.70. The van der Waals surface area contributed by atoms with E-state index >= 15 is 0 Å². The molecule has 0 bridgehead atoms. The van der Waals surface area contributed by atoms with Crippen LogP contribution in [0.3, 0.4) is 0 Å². The number of Topliss-reactive ketones (excluding diaryl/α,β-unsaturated/α-hetero) is 1. The van der Waals surface area contributed by atoms with Crippen molar-refractivity contribution in [3.63, 3.8) is 0 Å². The molecule has 0 saturated heterocycles. The van der Waals surface area contributed by atoms with Gasteiger partial charge in [-0.3, -0.25) is 4.79 Å². The number of aliphatic hydroxyl groups excluding tert-OH is 1. The first-order chi connectivity index (χ1) is 3.31. The molecule has 1 radical (unpaired) electrons. The zero-order valence-electron chi connectivity index (χ0n) is 4.35. The molecule has 0 spiro atoms. The van der Waals surface area contributed by atoms with Crippen LogP contribution >= 0.6 is 0 Å². The van der Waals surface area contributed by atoms with E-state index in [1.54, 1.807) is 0 Å². The Labute approximate surface area is 43.2 Å². The molecule has 2 heteroatoms. The van der Waals surface area contributed by atoms with Crippen LogP contribution in [-0.2, 0) is 4.79 Å². The number of carbonyl (C=O) groups is 1. The number of hydrogen-bond donors (Lipinski definition) is 1. The summed E-state index contributed by atoms with van der Waals surface area (Å²) in [6, 6.07) is 0. The second-order valence-corrected chi connectivity index (χ2v) is 1.35. The van der Waals surface area contributed by atoms with Gasteiger partial charge in [0.25, 0.3) is 0 Å². The molecule has 1 N–H and O–H groups in total. The normalized spacial score (nSPS) is 8.86. The Balaban J connectivity index is 3.00. The number of ketones is 1. The van der Waals surface area contributed by atoms with Gasteiger partial charge in [-0.05, 0) is 6.42 Å². The fourth-order valence-electron chi connectivity index (χ4n) is 0.311. The third-order valence-electron chi connectivity index (χ3n) is 0.640. The van der Waals surface area contributed by atoms with Crippen molar-refractivity contribution in [1.82, 2.24) is 0 Å². The van der Waals surface area contributed by atoms with Gasteiger partial charge in [-0.15, -0.1) is 0 Å². The summed E-state index contributed by atoms with van der Waals surface area (Å²) in [5, 5.41) is 7.99. The van der Waals surface area contributed by atoms with E-state index in [1.165, 1.54) is 0 Å². The number of aliphatic hydroxyl groups is 1. The Bertz CT molecular complexity index is 59.1. The maximum atomic E-state index is 10.1. The van der Waals surface area contributed by atoms with Crippen molar-refractivity contribution in [2.75, 3.05) is 0 Å². The molecule has 0 rings (SSSR count). The molecule has 0 fully saturated rings. The molecule has 0 aromatic heterocycles. The standard InChI is InChI=1S/C5H9O2/c1-2-3-5(7)4-6/h4,6H,2-3H2,1H3. The second-order valence-electron chi connectivity index (χ2n) is 1.35. The largest absolute Gasteiger partial charge is 0.382 e. The molecule has 41 valence electrons. The van der Waals surface area contributed by atoms with Crippen molar-refractivity contribution in [3.05, 3.63) is 6.61 Å². The van der Waals surface area contributed by atoms with Gasteiger partial charge in [0.2, 0.25) is 0 Å². The molecule has 0 aliphatic heterocycles. The maximum Gasteiger partial charge on any atom is 0.164 e. The van der Waals surface area contributed by atoms with E-state index in [9.17, 15) is 4.79 Å². The molecule has 0 amide bonds. The van der Waals surface area contributed by atoms with Gasteiger partial charge in [0, 0.05) is 6.42 Å². The van der Waals surface area contributed by atoms with Crippen LogP contribution in [0, 0.1) is 6.61 Å². The topological polar surface area (TPSA) is 37.3 Å². The first-order valence-corrected chi connectivity index (χ1v) is 2.31. The molecule has 0 aliphatic carbocycles. The van der Waals surface area contributed by atoms with E-state index in [4.69, 9.17) is 5.11 Å². The number of rotatable bonds is 3. The lowest BCUT2D eigenvalue weighted by molar-refractivity contribution is -0.118. The van der Waals surface area contributed by atoms with E-state index in [1.807, 2.05) is 6.92 Å². The molecule has 7 heavy (non-hydrogen) atoms. The van der Waals surface area contributed by atoms with Crippen LogP contribution in [0.25, 0.3) is 0 Å². The predicted molar refractivity (Wildman–Crippen MR) is 26.2 cm³/mol. The van der Waals surface area contributed by atoms with E-state index in [0.717, 1.165) is 6.42 Å². The molecule has 2 nitrogen and oxygen atoms in total. The van der Waals surface area contributed by atoms with E-state index in [2.05, 4.69) is 0 Å². The minimum atomic E-state index is -0.192. The van der Waals surface area contributed by atoms with Crippen molar-refractivity contribution >= 4 is 5.78 Å². The monoisotopic (exact) mass is 101 g/mol. The summed E-state index contributed by atoms with van der Waals surface area (Å²) >= 11 is 0. The molecule has 0 aromatic carbocycles. The highest BCUT2D eigenvalue weighted by Crippen LogP contribution is 1.88. The second kappa shape index (κ2) is 3.81. The van der Waals surface area contributed by atoms with Crippen molar-refractivity contribution in [1.29, 1.82) is 0 Å². The highest BCUT2D eigenvalue weighted by molar-refractivity contribution is 5.84. The summed E-state index contributed by atoms with van der Waals surface area (Å²) in [5.74, 6) is -0.192. The van der Waals surface area contributed by atoms with Crippen molar-refractivity contribution in [2.45, 2.75) is 19.8 Å². The smallest absolute Gasteiger partial charge is 0.164 e. The van der Waals surface area contributed by atoms with Crippen LogP contribution in [0.1, 0.15) is 19.8 Å². The first kappa shape index (κ1) is 6.63. The fourth-order valence-corrected chi connectivity index (χ4v) is 0.311. The quantitative estimate of drug-likeness (QED) is 0.573. The number of carbonyl (C=O) groups excluding carboxylic acids is 1. The Morgan fingerprint density at radius 2 is 2.43 bits per heavy atom. The molecular formula is C5H9O2. The minimum absolute atomic E-state index is 0.192. The van der Waals surface area contributed by atoms with Crippen LogP contribution in [0.15, 0.2) is 0 Å². The van der Waals surface area contributed by atoms with Gasteiger partial charge in [0.05, 0.1) is 0 Å². The third-order valence-corrected chi connectivity index (χ3v) is 0.640. The Morgan fingerprint density at radius 3 is 2.57 bits per heavy atom. The molecule has 0 aliphatic rings. The molecule has 0 unspecified atom stereocenters. The van der Waals surface area contributed by atoms with Gasteiger partial charge in [-0.25, -0.2) is 0 Å². The summed E-state index contributed by atoms with van der Waals surface area (Å²) in [6.45, 7) is 2.50. The average Bonchev–Trinajstić information content (AvgIpc) is 1.68. The van der Waals surface area contributed by atoms with E-state index in [0.29, 0.717) is 13.0 Å². The maximum absolute atomic E-state index is 10.1. The lowest BCUT2D eigenvalue weighted by Crippen LogP contribution is -1.94. The van der Waals surface area contributed by atoms with E-state index < -0.39 is 0 Å². The van der Waals surface area contributed by atoms with Gasteiger partial charge < -0.3 is 5.11 Å². The highest BCUT2D eigenvalue weighted by Gasteiger charge is 1.93. The van der Waals surface area contributed by atoms with Crippen molar-refractivity contribution < 1.29 is 9.90 Å². The van der Waals surface area contributed by atoms with Gasteiger partial charge in [-0.1, -0.05) is 6.92 Å². The van der Waals surface area contributed by atoms with Crippen molar-refractivity contribution in [3.8, 4) is 0 Å². The Morgan fingerprint density at radius 1 is 1.86 bits per heavy atom. The first-order valence-electron chi connectivity index (χ1n) is 2.31.